The van der Waals surface area contributed by atoms with E-state index in [1.165, 1.54) is 0 Å². The highest BCUT2D eigenvalue weighted by atomic mass is 16.2. The molecular weight excluding hydrogens is 252 g/mol. The van der Waals surface area contributed by atoms with Crippen molar-refractivity contribution in [2.24, 2.45) is 4.99 Å². The zero-order valence-corrected chi connectivity index (χ0v) is 14.4. The molecule has 2 N–H and O–H groups in total. The first-order chi connectivity index (χ1) is 8.71. The lowest BCUT2D eigenvalue weighted by atomic mass is 10.0. The summed E-state index contributed by atoms with van der Waals surface area (Å²) in [5.74, 6) is 0.701. The number of hydrogen-bond donors (Lipinski definition) is 2. The Kier molecular flexibility index (Phi) is 4.26. The summed E-state index contributed by atoms with van der Waals surface area (Å²) in [5.41, 5.74) is -0.615. The van der Waals surface area contributed by atoms with Crippen molar-refractivity contribution < 1.29 is 4.79 Å². The van der Waals surface area contributed by atoms with Crippen molar-refractivity contribution in [1.82, 2.24) is 15.5 Å². The summed E-state index contributed by atoms with van der Waals surface area (Å²) in [4.78, 5) is 18.8. The van der Waals surface area contributed by atoms with E-state index in [4.69, 9.17) is 0 Å². The maximum atomic E-state index is 12.3. The second-order valence-electron chi connectivity index (χ2n) is 8.44. The second-order valence-corrected chi connectivity index (χ2v) is 8.44. The molecule has 1 rings (SSSR count). The lowest BCUT2D eigenvalue weighted by Crippen LogP contribution is -2.58. The van der Waals surface area contributed by atoms with E-state index in [0.29, 0.717) is 5.84 Å². The third kappa shape index (κ3) is 4.47. The predicted octanol–water partition coefficient (Wildman–Crippen LogP) is 2.72. The molecule has 0 bridgehead atoms. The minimum atomic E-state index is -0.276. The lowest BCUT2D eigenvalue weighted by Gasteiger charge is -2.38. The van der Waals surface area contributed by atoms with Crippen molar-refractivity contribution in [2.45, 2.75) is 85.1 Å². The van der Waals surface area contributed by atoms with Gasteiger partial charge in [0.05, 0.1) is 5.54 Å². The van der Waals surface area contributed by atoms with Crippen molar-refractivity contribution in [1.29, 1.82) is 0 Å². The Balaban J connectivity index is 3.21. The van der Waals surface area contributed by atoms with Gasteiger partial charge in [-0.1, -0.05) is 0 Å². The van der Waals surface area contributed by atoms with Crippen LogP contribution in [0.3, 0.4) is 0 Å². The summed E-state index contributed by atoms with van der Waals surface area (Å²) < 4.78 is 0. The summed E-state index contributed by atoms with van der Waals surface area (Å²) >= 11 is 0. The Hall–Kier alpha value is -1.10. The SMILES string of the molecule is CC(C)(C)N=C1NC(=O)N(C(C)(C)C)[C@H]1NC(C)(C)C. The van der Waals surface area contributed by atoms with E-state index in [0.717, 1.165) is 0 Å². The van der Waals surface area contributed by atoms with Crippen LogP contribution in [0.15, 0.2) is 4.99 Å². The lowest BCUT2D eigenvalue weighted by molar-refractivity contribution is 0.124. The van der Waals surface area contributed by atoms with E-state index in [2.05, 4.69) is 36.4 Å². The van der Waals surface area contributed by atoms with Gasteiger partial charge in [0, 0.05) is 11.1 Å². The van der Waals surface area contributed by atoms with Crippen LogP contribution < -0.4 is 10.6 Å². The molecule has 116 valence electrons. The highest BCUT2D eigenvalue weighted by molar-refractivity contribution is 6.07. The Morgan fingerprint density at radius 3 is 1.90 bits per heavy atom. The largest absolute Gasteiger partial charge is 0.324 e. The molecule has 1 heterocycles. The molecule has 0 unspecified atom stereocenters. The first-order valence-electron chi connectivity index (χ1n) is 7.18. The third-order valence-electron chi connectivity index (χ3n) is 2.72. The molecule has 0 aromatic carbocycles. The number of amidine groups is 1. The van der Waals surface area contributed by atoms with Gasteiger partial charge in [0.15, 0.2) is 0 Å². The monoisotopic (exact) mass is 282 g/mol. The van der Waals surface area contributed by atoms with Crippen LogP contribution in [0.25, 0.3) is 0 Å². The number of nitrogens with one attached hydrogen (secondary N) is 2. The molecule has 1 aliphatic rings. The first kappa shape index (κ1) is 17.0. The van der Waals surface area contributed by atoms with E-state index < -0.39 is 0 Å². The topological polar surface area (TPSA) is 56.7 Å². The van der Waals surface area contributed by atoms with E-state index >= 15 is 0 Å². The number of urea groups is 1. The van der Waals surface area contributed by atoms with Gasteiger partial charge in [-0.05, 0) is 62.3 Å². The molecule has 0 radical (unpaired) electrons. The fraction of sp³-hybridized carbons (Fsp3) is 0.867. The Morgan fingerprint density at radius 1 is 1.05 bits per heavy atom. The van der Waals surface area contributed by atoms with Crippen molar-refractivity contribution in [2.75, 3.05) is 0 Å². The molecule has 20 heavy (non-hydrogen) atoms. The Morgan fingerprint density at radius 2 is 1.55 bits per heavy atom. The Labute approximate surface area is 123 Å². The zero-order valence-electron chi connectivity index (χ0n) is 14.4. The summed E-state index contributed by atoms with van der Waals surface area (Å²) in [6.07, 6.45) is -0.221. The van der Waals surface area contributed by atoms with Crippen molar-refractivity contribution in [3.05, 3.63) is 0 Å². The number of carbonyl (C=O) groups excluding carboxylic acids is 1. The number of nitrogens with zero attached hydrogens (tertiary/aromatic N) is 2. The molecular formula is C15H30N4O. The molecule has 0 saturated carbocycles. The fourth-order valence-electron chi connectivity index (χ4n) is 2.16. The fourth-order valence-corrected chi connectivity index (χ4v) is 2.16. The van der Waals surface area contributed by atoms with Crippen LogP contribution in [0.1, 0.15) is 62.3 Å². The average Bonchev–Trinajstić information content (AvgIpc) is 2.34. The molecule has 2 amide bonds. The third-order valence-corrected chi connectivity index (χ3v) is 2.72. The van der Waals surface area contributed by atoms with Crippen LogP contribution in [0.4, 0.5) is 4.79 Å². The zero-order chi connectivity index (χ0) is 15.9. The van der Waals surface area contributed by atoms with E-state index in [1.807, 2.05) is 46.4 Å². The molecule has 0 aliphatic carbocycles. The highest BCUT2D eigenvalue weighted by Gasteiger charge is 2.44. The maximum absolute atomic E-state index is 12.3. The van der Waals surface area contributed by atoms with E-state index in [9.17, 15) is 4.79 Å². The summed E-state index contributed by atoms with van der Waals surface area (Å²) in [6, 6.07) is -0.0951. The molecule has 1 atom stereocenters. The summed E-state index contributed by atoms with van der Waals surface area (Å²) in [6.45, 7) is 18.4. The first-order valence-corrected chi connectivity index (χ1v) is 7.18. The van der Waals surface area contributed by atoms with Gasteiger partial charge in [0.25, 0.3) is 0 Å². The highest BCUT2D eigenvalue weighted by Crippen LogP contribution is 2.23. The molecule has 5 heteroatoms. The predicted molar refractivity (Wildman–Crippen MR) is 84.0 cm³/mol. The number of carbonyl (C=O) groups is 1. The van der Waals surface area contributed by atoms with Crippen LogP contribution in [-0.2, 0) is 0 Å². The minimum absolute atomic E-state index is 0.0951. The van der Waals surface area contributed by atoms with Crippen molar-refractivity contribution in [3.63, 3.8) is 0 Å². The number of amides is 2. The molecule has 0 spiro atoms. The maximum Gasteiger partial charge on any atom is 0.324 e. The van der Waals surface area contributed by atoms with Crippen LogP contribution >= 0.6 is 0 Å². The van der Waals surface area contributed by atoms with E-state index in [-0.39, 0.29) is 28.8 Å². The van der Waals surface area contributed by atoms with Crippen LogP contribution in [0, 0.1) is 0 Å². The number of hydrogen-bond acceptors (Lipinski definition) is 3. The number of rotatable bonds is 1. The van der Waals surface area contributed by atoms with Gasteiger partial charge in [-0.25, -0.2) is 4.79 Å². The standard InChI is InChI=1S/C15H30N4O/c1-13(2,3)17-10-11(18-14(4,5)6)19(12(20)16-10)15(7,8)9/h11,18H,1-9H3,(H,16,17,20)/t11-/m1/s1. The van der Waals surface area contributed by atoms with Crippen LogP contribution in [0.5, 0.6) is 0 Å². The summed E-state index contributed by atoms with van der Waals surface area (Å²) in [7, 11) is 0. The van der Waals surface area contributed by atoms with Gasteiger partial charge in [0.1, 0.15) is 12.0 Å². The van der Waals surface area contributed by atoms with Crippen LogP contribution in [0.2, 0.25) is 0 Å². The van der Waals surface area contributed by atoms with Gasteiger partial charge in [-0.3, -0.25) is 20.5 Å². The van der Waals surface area contributed by atoms with Gasteiger partial charge in [0.2, 0.25) is 0 Å². The smallest absolute Gasteiger partial charge is 0.297 e. The molecule has 1 fully saturated rings. The van der Waals surface area contributed by atoms with E-state index in [1.54, 1.807) is 0 Å². The molecule has 0 aromatic rings. The summed E-state index contributed by atoms with van der Waals surface area (Å²) in [5, 5.41) is 6.40. The van der Waals surface area contributed by atoms with Gasteiger partial charge in [-0.2, -0.15) is 0 Å². The van der Waals surface area contributed by atoms with Crippen molar-refractivity contribution >= 4 is 11.9 Å². The molecule has 5 nitrogen and oxygen atoms in total. The van der Waals surface area contributed by atoms with Gasteiger partial charge in [-0.15, -0.1) is 0 Å². The quantitative estimate of drug-likeness (QED) is 0.777. The second kappa shape index (κ2) is 5.02. The Bertz CT molecular complexity index is 407. The average molecular weight is 282 g/mol. The van der Waals surface area contributed by atoms with Gasteiger partial charge >= 0.3 is 6.03 Å². The van der Waals surface area contributed by atoms with Gasteiger partial charge < -0.3 is 0 Å². The molecule has 1 aliphatic heterocycles. The van der Waals surface area contributed by atoms with Crippen LogP contribution in [-0.4, -0.2) is 39.5 Å². The minimum Gasteiger partial charge on any atom is -0.297 e. The normalized spacial score (nSPS) is 23.4. The molecule has 1 saturated heterocycles. The number of aliphatic imine (C=N–C) groups is 1. The van der Waals surface area contributed by atoms with Crippen molar-refractivity contribution in [3.8, 4) is 0 Å². The molecule has 0 aromatic heterocycles.